The number of nitrogens with two attached hydrogens (primary N) is 1. The van der Waals surface area contributed by atoms with Crippen molar-refractivity contribution in [3.63, 3.8) is 0 Å². The van der Waals surface area contributed by atoms with Gasteiger partial charge in [-0.05, 0) is 6.07 Å². The van der Waals surface area contributed by atoms with E-state index in [-0.39, 0.29) is 25.1 Å². The Morgan fingerprint density at radius 1 is 1.36 bits per heavy atom. The van der Waals surface area contributed by atoms with Crippen LogP contribution in [0, 0.1) is 0 Å². The van der Waals surface area contributed by atoms with E-state index >= 15 is 0 Å². The van der Waals surface area contributed by atoms with Gasteiger partial charge >= 0.3 is 0 Å². The number of halogens is 2. The zero-order valence-electron chi connectivity index (χ0n) is 11.9. The van der Waals surface area contributed by atoms with Crippen LogP contribution in [-0.2, 0) is 17.8 Å². The molecular formula is C14H18Cl2N4O2. The molecule has 1 aromatic carbocycles. The molecule has 0 bridgehead atoms. The molecule has 0 amide bonds. The molecule has 1 unspecified atom stereocenters. The highest BCUT2D eigenvalue weighted by molar-refractivity contribution is 6.31. The number of rotatable bonds is 4. The predicted molar refractivity (Wildman–Crippen MR) is 84.9 cm³/mol. The van der Waals surface area contributed by atoms with Crippen molar-refractivity contribution in [2.24, 2.45) is 5.73 Å². The predicted octanol–water partition coefficient (Wildman–Crippen LogP) is 2.18. The number of ether oxygens (including phenoxy) is 1. The highest BCUT2D eigenvalue weighted by Gasteiger charge is 2.24. The normalized spacial score (nSPS) is 18.9. The molecule has 120 valence electrons. The molecule has 0 saturated carbocycles. The highest BCUT2D eigenvalue weighted by atomic mass is 35.5. The molecule has 1 aliphatic heterocycles. The van der Waals surface area contributed by atoms with Crippen molar-refractivity contribution >= 4 is 24.0 Å². The lowest BCUT2D eigenvalue weighted by Crippen LogP contribution is -2.38. The van der Waals surface area contributed by atoms with Gasteiger partial charge in [0.25, 0.3) is 0 Å². The molecule has 3 rings (SSSR count). The van der Waals surface area contributed by atoms with E-state index in [0.29, 0.717) is 24.9 Å². The van der Waals surface area contributed by atoms with Crippen LogP contribution in [0.25, 0.3) is 0 Å². The molecule has 0 aliphatic carbocycles. The molecule has 6 nitrogen and oxygen atoms in total. The van der Waals surface area contributed by atoms with E-state index in [1.165, 1.54) is 0 Å². The Balaban J connectivity index is 0.00000176. The second-order valence-corrected chi connectivity index (χ2v) is 5.33. The van der Waals surface area contributed by atoms with Crippen LogP contribution < -0.4 is 5.73 Å². The van der Waals surface area contributed by atoms with Gasteiger partial charge in [0.15, 0.2) is 5.82 Å². The third-order valence-corrected chi connectivity index (χ3v) is 3.80. The summed E-state index contributed by atoms with van der Waals surface area (Å²) in [6, 6.07) is 7.76. The highest BCUT2D eigenvalue weighted by Crippen LogP contribution is 2.28. The fraction of sp³-hybridized carbons (Fsp3) is 0.429. The first-order chi connectivity index (χ1) is 10.3. The third-order valence-electron chi connectivity index (χ3n) is 3.45. The van der Waals surface area contributed by atoms with Crippen molar-refractivity contribution in [3.8, 4) is 0 Å². The van der Waals surface area contributed by atoms with Crippen LogP contribution in [-0.4, -0.2) is 34.7 Å². The van der Waals surface area contributed by atoms with Gasteiger partial charge in [0.2, 0.25) is 5.89 Å². The summed E-state index contributed by atoms with van der Waals surface area (Å²) in [7, 11) is 0. The van der Waals surface area contributed by atoms with Gasteiger partial charge in [-0.3, -0.25) is 4.90 Å². The Bertz CT molecular complexity index is 608. The monoisotopic (exact) mass is 344 g/mol. The summed E-state index contributed by atoms with van der Waals surface area (Å²) in [5.74, 6) is 1.11. The average molecular weight is 345 g/mol. The summed E-state index contributed by atoms with van der Waals surface area (Å²) in [4.78, 5) is 6.45. The minimum absolute atomic E-state index is 0. The van der Waals surface area contributed by atoms with Crippen LogP contribution >= 0.6 is 24.0 Å². The fourth-order valence-electron chi connectivity index (χ4n) is 2.41. The molecule has 1 fully saturated rings. The first-order valence-corrected chi connectivity index (χ1v) is 7.24. The standard InChI is InChI=1S/C14H17ClN4O2.ClH/c15-11-4-2-1-3-10(11)12-8-19(5-6-20-12)9-13-17-14(7-16)21-18-13;/h1-4,12H,5-9,16H2;1H. The number of morpholine rings is 1. The van der Waals surface area contributed by atoms with Gasteiger partial charge in [-0.25, -0.2) is 0 Å². The van der Waals surface area contributed by atoms with Crippen LogP contribution in [0.5, 0.6) is 0 Å². The van der Waals surface area contributed by atoms with Gasteiger partial charge in [-0.2, -0.15) is 4.98 Å². The van der Waals surface area contributed by atoms with Crippen LogP contribution in [0.3, 0.4) is 0 Å². The number of nitrogens with zero attached hydrogens (tertiary/aromatic N) is 3. The van der Waals surface area contributed by atoms with E-state index in [1.807, 2.05) is 24.3 Å². The topological polar surface area (TPSA) is 77.4 Å². The Hall–Kier alpha value is -1.18. The molecule has 2 aromatic rings. The lowest BCUT2D eigenvalue weighted by molar-refractivity contribution is -0.0337. The summed E-state index contributed by atoms with van der Waals surface area (Å²) in [5.41, 5.74) is 6.48. The smallest absolute Gasteiger partial charge is 0.240 e. The Labute approximate surface area is 140 Å². The first-order valence-electron chi connectivity index (χ1n) is 6.86. The van der Waals surface area contributed by atoms with E-state index in [9.17, 15) is 0 Å². The SMILES string of the molecule is Cl.NCc1nc(CN2CCOC(c3ccccc3Cl)C2)no1. The van der Waals surface area contributed by atoms with E-state index in [1.54, 1.807) is 0 Å². The summed E-state index contributed by atoms with van der Waals surface area (Å²) < 4.78 is 10.8. The maximum absolute atomic E-state index is 6.24. The van der Waals surface area contributed by atoms with Crippen molar-refractivity contribution in [2.75, 3.05) is 19.7 Å². The Kier molecular flexibility index (Phi) is 6.16. The molecule has 2 N–H and O–H groups in total. The summed E-state index contributed by atoms with van der Waals surface area (Å²) in [6.45, 7) is 3.10. The van der Waals surface area contributed by atoms with Crippen molar-refractivity contribution in [2.45, 2.75) is 19.2 Å². The zero-order chi connectivity index (χ0) is 14.7. The van der Waals surface area contributed by atoms with E-state index in [2.05, 4.69) is 15.0 Å². The van der Waals surface area contributed by atoms with Gasteiger partial charge in [-0.1, -0.05) is 35.0 Å². The van der Waals surface area contributed by atoms with Crippen LogP contribution in [0.2, 0.25) is 5.02 Å². The van der Waals surface area contributed by atoms with E-state index in [0.717, 1.165) is 23.7 Å². The van der Waals surface area contributed by atoms with Crippen molar-refractivity contribution in [1.82, 2.24) is 15.0 Å². The molecule has 8 heteroatoms. The van der Waals surface area contributed by atoms with Gasteiger partial charge < -0.3 is 15.0 Å². The second-order valence-electron chi connectivity index (χ2n) is 4.92. The summed E-state index contributed by atoms with van der Waals surface area (Å²) >= 11 is 6.24. The van der Waals surface area contributed by atoms with Gasteiger partial charge in [0.05, 0.1) is 25.8 Å². The molecule has 1 aliphatic rings. The molecule has 22 heavy (non-hydrogen) atoms. The zero-order valence-corrected chi connectivity index (χ0v) is 13.5. The van der Waals surface area contributed by atoms with Gasteiger partial charge in [0, 0.05) is 23.7 Å². The third kappa shape index (κ3) is 3.97. The number of aromatic nitrogens is 2. The second kappa shape index (κ2) is 7.89. The number of benzene rings is 1. The van der Waals surface area contributed by atoms with Gasteiger partial charge in [-0.15, -0.1) is 12.4 Å². The Morgan fingerprint density at radius 3 is 2.91 bits per heavy atom. The quantitative estimate of drug-likeness (QED) is 0.915. The van der Waals surface area contributed by atoms with E-state index < -0.39 is 0 Å². The molecule has 2 heterocycles. The van der Waals surface area contributed by atoms with Crippen LogP contribution in [0.1, 0.15) is 23.4 Å². The molecule has 0 radical (unpaired) electrons. The molecular weight excluding hydrogens is 327 g/mol. The molecule has 0 spiro atoms. The molecule has 1 saturated heterocycles. The van der Waals surface area contributed by atoms with Crippen molar-refractivity contribution < 1.29 is 9.26 Å². The lowest BCUT2D eigenvalue weighted by Gasteiger charge is -2.32. The summed E-state index contributed by atoms with van der Waals surface area (Å²) in [5, 5.41) is 4.65. The maximum atomic E-state index is 6.24. The lowest BCUT2D eigenvalue weighted by atomic mass is 10.1. The average Bonchev–Trinajstić information content (AvgIpc) is 2.96. The Morgan fingerprint density at radius 2 is 2.18 bits per heavy atom. The first kappa shape index (κ1) is 17.2. The minimum Gasteiger partial charge on any atom is -0.371 e. The number of hydrogen-bond donors (Lipinski definition) is 1. The van der Waals surface area contributed by atoms with Crippen LogP contribution in [0.4, 0.5) is 0 Å². The fourth-order valence-corrected chi connectivity index (χ4v) is 2.67. The van der Waals surface area contributed by atoms with Crippen LogP contribution in [0.15, 0.2) is 28.8 Å². The van der Waals surface area contributed by atoms with Crippen molar-refractivity contribution in [1.29, 1.82) is 0 Å². The van der Waals surface area contributed by atoms with Gasteiger partial charge in [0.1, 0.15) is 0 Å². The summed E-state index contributed by atoms with van der Waals surface area (Å²) in [6.07, 6.45) is -0.0340. The molecule has 1 aromatic heterocycles. The van der Waals surface area contributed by atoms with Crippen molar-refractivity contribution in [3.05, 3.63) is 46.6 Å². The molecule has 1 atom stereocenters. The largest absolute Gasteiger partial charge is 0.371 e. The minimum atomic E-state index is -0.0340. The maximum Gasteiger partial charge on any atom is 0.240 e. The number of hydrogen-bond acceptors (Lipinski definition) is 6. The van der Waals surface area contributed by atoms with E-state index in [4.69, 9.17) is 26.6 Å².